The Labute approximate surface area is 83.7 Å². The monoisotopic (exact) mass is 193 g/mol. The second-order valence-corrected chi connectivity index (χ2v) is 5.13. The van der Waals surface area contributed by atoms with Crippen LogP contribution >= 0.6 is 11.8 Å². The van der Waals surface area contributed by atoms with E-state index in [0.29, 0.717) is 11.2 Å². The molecule has 70 valence electrons. The molecule has 1 aliphatic rings. The maximum atomic E-state index is 5.76. The SMILES string of the molecule is Cc1ccc2c(c1)SC(C)C2CN. The van der Waals surface area contributed by atoms with E-state index in [4.69, 9.17) is 5.73 Å². The summed E-state index contributed by atoms with van der Waals surface area (Å²) in [7, 11) is 0. The van der Waals surface area contributed by atoms with Gasteiger partial charge in [-0.1, -0.05) is 24.6 Å². The molecule has 0 aromatic heterocycles. The minimum atomic E-state index is 0.556. The number of rotatable bonds is 1. The van der Waals surface area contributed by atoms with Crippen molar-refractivity contribution in [3.05, 3.63) is 29.3 Å². The molecule has 2 unspecified atom stereocenters. The molecule has 2 N–H and O–H groups in total. The maximum absolute atomic E-state index is 5.76. The topological polar surface area (TPSA) is 26.0 Å². The Balaban J connectivity index is 2.42. The van der Waals surface area contributed by atoms with Crippen molar-refractivity contribution in [2.24, 2.45) is 5.73 Å². The van der Waals surface area contributed by atoms with Gasteiger partial charge in [-0.05, 0) is 18.6 Å². The van der Waals surface area contributed by atoms with Gasteiger partial charge < -0.3 is 5.73 Å². The van der Waals surface area contributed by atoms with Gasteiger partial charge in [0.2, 0.25) is 0 Å². The minimum absolute atomic E-state index is 0.556. The van der Waals surface area contributed by atoms with Crippen LogP contribution in [0.1, 0.15) is 24.0 Å². The molecule has 1 aliphatic heterocycles. The van der Waals surface area contributed by atoms with Crippen LogP contribution in [0.3, 0.4) is 0 Å². The average molecular weight is 193 g/mol. The molecule has 0 radical (unpaired) electrons. The summed E-state index contributed by atoms with van der Waals surface area (Å²) in [5, 5.41) is 0.641. The largest absolute Gasteiger partial charge is 0.330 e. The van der Waals surface area contributed by atoms with E-state index in [1.807, 2.05) is 11.8 Å². The molecule has 0 amide bonds. The quantitative estimate of drug-likeness (QED) is 0.741. The zero-order chi connectivity index (χ0) is 9.42. The Morgan fingerprint density at radius 1 is 1.46 bits per heavy atom. The lowest BCUT2D eigenvalue weighted by atomic mass is 9.96. The van der Waals surface area contributed by atoms with Crippen LogP contribution in [0, 0.1) is 6.92 Å². The molecule has 0 bridgehead atoms. The van der Waals surface area contributed by atoms with Crippen molar-refractivity contribution < 1.29 is 0 Å². The summed E-state index contributed by atoms with van der Waals surface area (Å²) < 4.78 is 0. The highest BCUT2D eigenvalue weighted by Gasteiger charge is 2.28. The summed E-state index contributed by atoms with van der Waals surface area (Å²) in [6, 6.07) is 6.69. The van der Waals surface area contributed by atoms with Crippen molar-refractivity contribution in [1.29, 1.82) is 0 Å². The molecule has 0 aliphatic carbocycles. The molecule has 2 heteroatoms. The van der Waals surface area contributed by atoms with Crippen LogP contribution in [0.25, 0.3) is 0 Å². The van der Waals surface area contributed by atoms with Crippen LogP contribution in [-0.2, 0) is 0 Å². The van der Waals surface area contributed by atoms with Crippen LogP contribution in [-0.4, -0.2) is 11.8 Å². The number of nitrogens with two attached hydrogens (primary N) is 1. The molecule has 0 fully saturated rings. The summed E-state index contributed by atoms with van der Waals surface area (Å²) in [5.74, 6) is 0.556. The second-order valence-electron chi connectivity index (χ2n) is 3.71. The fourth-order valence-corrected chi connectivity index (χ4v) is 3.34. The van der Waals surface area contributed by atoms with Gasteiger partial charge in [0.1, 0.15) is 0 Å². The molecule has 13 heavy (non-hydrogen) atoms. The molecule has 2 atom stereocenters. The molecule has 1 heterocycles. The molecule has 0 spiro atoms. The zero-order valence-corrected chi connectivity index (χ0v) is 8.90. The zero-order valence-electron chi connectivity index (χ0n) is 8.08. The third kappa shape index (κ3) is 1.49. The van der Waals surface area contributed by atoms with Crippen LogP contribution in [0.15, 0.2) is 23.1 Å². The maximum Gasteiger partial charge on any atom is 0.0147 e. The van der Waals surface area contributed by atoms with E-state index in [2.05, 4.69) is 32.0 Å². The third-order valence-corrected chi connectivity index (χ3v) is 4.01. The van der Waals surface area contributed by atoms with Crippen molar-refractivity contribution in [3.8, 4) is 0 Å². The highest BCUT2D eigenvalue weighted by Crippen LogP contribution is 2.44. The van der Waals surface area contributed by atoms with E-state index < -0.39 is 0 Å². The summed E-state index contributed by atoms with van der Waals surface area (Å²) in [5.41, 5.74) is 8.56. The smallest absolute Gasteiger partial charge is 0.0147 e. The lowest BCUT2D eigenvalue weighted by Crippen LogP contribution is -2.17. The van der Waals surface area contributed by atoms with Crippen LogP contribution in [0.4, 0.5) is 0 Å². The summed E-state index contributed by atoms with van der Waals surface area (Å²) in [6.07, 6.45) is 0. The fourth-order valence-electron chi connectivity index (χ4n) is 1.90. The second kappa shape index (κ2) is 3.35. The minimum Gasteiger partial charge on any atom is -0.330 e. The molecular weight excluding hydrogens is 178 g/mol. The molecular formula is C11H15NS. The van der Waals surface area contributed by atoms with E-state index >= 15 is 0 Å². The van der Waals surface area contributed by atoms with Gasteiger partial charge in [0, 0.05) is 22.6 Å². The van der Waals surface area contributed by atoms with Crippen molar-refractivity contribution in [3.63, 3.8) is 0 Å². The predicted octanol–water partition coefficient (Wildman–Crippen LogP) is 2.53. The van der Waals surface area contributed by atoms with Crippen molar-refractivity contribution >= 4 is 11.8 Å². The Morgan fingerprint density at radius 3 is 2.92 bits per heavy atom. The fraction of sp³-hybridized carbons (Fsp3) is 0.455. The number of hydrogen-bond acceptors (Lipinski definition) is 2. The first kappa shape index (κ1) is 9.10. The first-order chi connectivity index (χ1) is 6.22. The Hall–Kier alpha value is -0.470. The predicted molar refractivity (Wildman–Crippen MR) is 58.3 cm³/mol. The van der Waals surface area contributed by atoms with Gasteiger partial charge in [-0.25, -0.2) is 0 Å². The summed E-state index contributed by atoms with van der Waals surface area (Å²) >= 11 is 1.96. The molecule has 0 saturated heterocycles. The first-order valence-electron chi connectivity index (χ1n) is 4.69. The van der Waals surface area contributed by atoms with E-state index in [1.54, 1.807) is 0 Å². The van der Waals surface area contributed by atoms with E-state index in [-0.39, 0.29) is 0 Å². The standard InChI is InChI=1S/C11H15NS/c1-7-3-4-9-10(6-12)8(2)13-11(9)5-7/h3-5,8,10H,6,12H2,1-2H3. The van der Waals surface area contributed by atoms with Crippen LogP contribution in [0.2, 0.25) is 0 Å². The number of aryl methyl sites for hydroxylation is 1. The van der Waals surface area contributed by atoms with Crippen LogP contribution < -0.4 is 5.73 Å². The van der Waals surface area contributed by atoms with E-state index in [9.17, 15) is 0 Å². The van der Waals surface area contributed by atoms with Gasteiger partial charge >= 0.3 is 0 Å². The van der Waals surface area contributed by atoms with E-state index in [0.717, 1.165) is 6.54 Å². The molecule has 2 rings (SSSR count). The average Bonchev–Trinajstić information content (AvgIpc) is 2.39. The lowest BCUT2D eigenvalue weighted by Gasteiger charge is -2.12. The van der Waals surface area contributed by atoms with Crippen molar-refractivity contribution in [2.45, 2.75) is 29.9 Å². The number of fused-ring (bicyclic) bond motifs is 1. The highest BCUT2D eigenvalue weighted by molar-refractivity contribution is 8.00. The van der Waals surface area contributed by atoms with E-state index in [1.165, 1.54) is 16.0 Å². The first-order valence-corrected chi connectivity index (χ1v) is 5.57. The molecule has 0 saturated carbocycles. The van der Waals surface area contributed by atoms with Crippen LogP contribution in [0.5, 0.6) is 0 Å². The molecule has 1 nitrogen and oxygen atoms in total. The van der Waals surface area contributed by atoms with Crippen molar-refractivity contribution in [2.75, 3.05) is 6.54 Å². The number of thioether (sulfide) groups is 1. The lowest BCUT2D eigenvalue weighted by molar-refractivity contribution is 0.697. The number of hydrogen-bond donors (Lipinski definition) is 1. The van der Waals surface area contributed by atoms with Gasteiger partial charge in [-0.15, -0.1) is 11.8 Å². The molecule has 1 aromatic rings. The van der Waals surface area contributed by atoms with Gasteiger partial charge in [0.05, 0.1) is 0 Å². The Morgan fingerprint density at radius 2 is 2.23 bits per heavy atom. The summed E-state index contributed by atoms with van der Waals surface area (Å²) in [4.78, 5) is 1.43. The van der Waals surface area contributed by atoms with Gasteiger partial charge in [0.25, 0.3) is 0 Å². The third-order valence-electron chi connectivity index (χ3n) is 2.70. The molecule has 1 aromatic carbocycles. The highest BCUT2D eigenvalue weighted by atomic mass is 32.2. The summed E-state index contributed by atoms with van der Waals surface area (Å²) in [6.45, 7) is 5.17. The van der Waals surface area contributed by atoms with Crippen molar-refractivity contribution in [1.82, 2.24) is 0 Å². The van der Waals surface area contributed by atoms with Gasteiger partial charge in [-0.2, -0.15) is 0 Å². The Kier molecular flexibility index (Phi) is 2.35. The van der Waals surface area contributed by atoms with Gasteiger partial charge in [0.15, 0.2) is 0 Å². The normalized spacial score (nSPS) is 26.1. The number of benzene rings is 1. The Bertz CT molecular complexity index is 322. The van der Waals surface area contributed by atoms with Gasteiger partial charge in [-0.3, -0.25) is 0 Å².